The first-order chi connectivity index (χ1) is 9.58. The van der Waals surface area contributed by atoms with E-state index in [9.17, 15) is 14.4 Å². The Hall–Kier alpha value is -1.69. The lowest BCUT2D eigenvalue weighted by Gasteiger charge is -2.42. The van der Waals surface area contributed by atoms with Crippen LogP contribution in [0.5, 0.6) is 0 Å². The zero-order chi connectivity index (χ0) is 14.2. The molecular formula is C14H16N2O3S. The van der Waals surface area contributed by atoms with Crippen molar-refractivity contribution in [3.8, 4) is 0 Å². The molecule has 0 radical (unpaired) electrons. The summed E-state index contributed by atoms with van der Waals surface area (Å²) < 4.78 is 0. The summed E-state index contributed by atoms with van der Waals surface area (Å²) in [7, 11) is 0. The van der Waals surface area contributed by atoms with E-state index in [2.05, 4.69) is 5.32 Å². The normalized spacial score (nSPS) is 21.9. The Balaban J connectivity index is 1.66. The number of piperidine rings is 2. The van der Waals surface area contributed by atoms with Gasteiger partial charge in [0.1, 0.15) is 0 Å². The minimum Gasteiger partial charge on any atom is -0.338 e. The third-order valence-electron chi connectivity index (χ3n) is 4.19. The minimum absolute atomic E-state index is 0.0569. The number of rotatable bonds is 1. The molecule has 20 heavy (non-hydrogen) atoms. The Morgan fingerprint density at radius 1 is 1.20 bits per heavy atom. The largest absolute Gasteiger partial charge is 0.338 e. The molecule has 2 aliphatic heterocycles. The smallest absolute Gasteiger partial charge is 0.263 e. The van der Waals surface area contributed by atoms with Gasteiger partial charge in [-0.2, -0.15) is 0 Å². The van der Waals surface area contributed by atoms with Gasteiger partial charge in [-0.1, -0.05) is 6.07 Å². The second-order valence-electron chi connectivity index (χ2n) is 5.59. The molecular weight excluding hydrogens is 276 g/mol. The van der Waals surface area contributed by atoms with Crippen molar-refractivity contribution in [2.45, 2.75) is 25.7 Å². The Labute approximate surface area is 121 Å². The number of hydrogen-bond acceptors (Lipinski definition) is 4. The van der Waals surface area contributed by atoms with Gasteiger partial charge in [0.15, 0.2) is 0 Å². The van der Waals surface area contributed by atoms with Crippen LogP contribution in [0.4, 0.5) is 0 Å². The third-order valence-corrected chi connectivity index (χ3v) is 5.05. The SMILES string of the molecule is O=C1CC2(CCN(C(=O)c3cccs3)CC2)CC(=O)N1. The fourth-order valence-electron chi connectivity index (χ4n) is 3.08. The molecule has 0 atom stereocenters. The van der Waals surface area contributed by atoms with E-state index in [1.54, 1.807) is 0 Å². The molecule has 2 aliphatic rings. The highest BCUT2D eigenvalue weighted by Crippen LogP contribution is 2.40. The number of carbonyl (C=O) groups is 3. The average Bonchev–Trinajstić information content (AvgIpc) is 2.91. The van der Waals surface area contributed by atoms with Gasteiger partial charge in [0.05, 0.1) is 4.88 Å². The van der Waals surface area contributed by atoms with Crippen LogP contribution in [0.15, 0.2) is 17.5 Å². The number of hydrogen-bond donors (Lipinski definition) is 1. The van der Waals surface area contributed by atoms with Gasteiger partial charge in [-0.3, -0.25) is 19.7 Å². The van der Waals surface area contributed by atoms with E-state index in [0.29, 0.717) is 25.9 Å². The maximum atomic E-state index is 12.3. The molecule has 1 spiro atoms. The van der Waals surface area contributed by atoms with Gasteiger partial charge in [0.25, 0.3) is 5.91 Å². The molecule has 6 heteroatoms. The lowest BCUT2D eigenvalue weighted by Crippen LogP contribution is -2.50. The molecule has 0 aliphatic carbocycles. The van der Waals surface area contributed by atoms with E-state index in [1.165, 1.54) is 11.3 Å². The Morgan fingerprint density at radius 3 is 2.40 bits per heavy atom. The number of amides is 3. The summed E-state index contributed by atoms with van der Waals surface area (Å²) in [4.78, 5) is 37.9. The maximum Gasteiger partial charge on any atom is 0.263 e. The van der Waals surface area contributed by atoms with Crippen molar-refractivity contribution in [2.75, 3.05) is 13.1 Å². The van der Waals surface area contributed by atoms with Crippen molar-refractivity contribution >= 4 is 29.1 Å². The van der Waals surface area contributed by atoms with Crippen molar-refractivity contribution in [3.05, 3.63) is 22.4 Å². The summed E-state index contributed by atoms with van der Waals surface area (Å²) in [5.74, 6) is -0.306. The van der Waals surface area contributed by atoms with E-state index in [-0.39, 0.29) is 23.1 Å². The standard InChI is InChI=1S/C14H16N2O3S/c17-11-8-14(9-12(18)15-11)3-5-16(6-4-14)13(19)10-2-1-7-20-10/h1-2,7H,3-6,8-9H2,(H,15,17,18). The molecule has 0 saturated carbocycles. The van der Waals surface area contributed by atoms with Gasteiger partial charge in [-0.25, -0.2) is 0 Å². The van der Waals surface area contributed by atoms with Crippen molar-refractivity contribution in [1.29, 1.82) is 0 Å². The molecule has 3 rings (SSSR count). The van der Waals surface area contributed by atoms with E-state index in [0.717, 1.165) is 17.7 Å². The van der Waals surface area contributed by atoms with Gasteiger partial charge in [-0.05, 0) is 29.7 Å². The zero-order valence-corrected chi connectivity index (χ0v) is 11.9. The predicted molar refractivity (Wildman–Crippen MR) is 74.3 cm³/mol. The first-order valence-corrected chi connectivity index (χ1v) is 7.61. The van der Waals surface area contributed by atoms with Crippen LogP contribution < -0.4 is 5.32 Å². The summed E-state index contributed by atoms with van der Waals surface area (Å²) in [5, 5.41) is 4.24. The summed E-state index contributed by atoms with van der Waals surface area (Å²) in [6.07, 6.45) is 2.26. The second-order valence-corrected chi connectivity index (χ2v) is 6.54. The molecule has 106 valence electrons. The van der Waals surface area contributed by atoms with Crippen LogP contribution in [0.25, 0.3) is 0 Å². The first-order valence-electron chi connectivity index (χ1n) is 6.73. The average molecular weight is 292 g/mol. The topological polar surface area (TPSA) is 66.5 Å². The first kappa shape index (κ1) is 13.3. The second kappa shape index (κ2) is 5.01. The van der Waals surface area contributed by atoms with Crippen LogP contribution in [0.2, 0.25) is 0 Å². The lowest BCUT2D eigenvalue weighted by atomic mass is 9.71. The van der Waals surface area contributed by atoms with E-state index < -0.39 is 0 Å². The van der Waals surface area contributed by atoms with Gasteiger partial charge < -0.3 is 4.90 Å². The molecule has 3 heterocycles. The van der Waals surface area contributed by atoms with E-state index >= 15 is 0 Å². The van der Waals surface area contributed by atoms with Gasteiger partial charge in [0.2, 0.25) is 11.8 Å². The molecule has 3 amide bonds. The van der Waals surface area contributed by atoms with Crippen LogP contribution in [0.3, 0.4) is 0 Å². The number of likely N-dealkylation sites (tertiary alicyclic amines) is 1. The molecule has 1 aromatic rings. The molecule has 5 nitrogen and oxygen atoms in total. The van der Waals surface area contributed by atoms with Crippen molar-refractivity contribution in [3.63, 3.8) is 0 Å². The highest BCUT2D eigenvalue weighted by molar-refractivity contribution is 7.12. The molecule has 0 bridgehead atoms. The van der Waals surface area contributed by atoms with Crippen LogP contribution >= 0.6 is 11.3 Å². The molecule has 2 saturated heterocycles. The summed E-state index contributed by atoms with van der Waals surface area (Å²) >= 11 is 1.44. The number of nitrogens with zero attached hydrogens (tertiary/aromatic N) is 1. The number of nitrogens with one attached hydrogen (secondary N) is 1. The van der Waals surface area contributed by atoms with Gasteiger partial charge in [-0.15, -0.1) is 11.3 Å². The lowest BCUT2D eigenvalue weighted by molar-refractivity contribution is -0.139. The molecule has 1 aromatic heterocycles. The monoisotopic (exact) mass is 292 g/mol. The Bertz CT molecular complexity index is 527. The van der Waals surface area contributed by atoms with Crippen LogP contribution in [-0.4, -0.2) is 35.7 Å². The maximum absolute atomic E-state index is 12.3. The van der Waals surface area contributed by atoms with Crippen molar-refractivity contribution < 1.29 is 14.4 Å². The molecule has 0 unspecified atom stereocenters. The van der Waals surface area contributed by atoms with Crippen molar-refractivity contribution in [2.24, 2.45) is 5.41 Å². The van der Waals surface area contributed by atoms with Crippen LogP contribution in [-0.2, 0) is 9.59 Å². The fourth-order valence-corrected chi connectivity index (χ4v) is 3.77. The highest BCUT2D eigenvalue weighted by atomic mass is 32.1. The molecule has 2 fully saturated rings. The predicted octanol–water partition coefficient (Wildman–Crippen LogP) is 1.41. The van der Waals surface area contributed by atoms with Gasteiger partial charge in [0, 0.05) is 25.9 Å². The number of imide groups is 1. The quantitative estimate of drug-likeness (QED) is 0.796. The minimum atomic E-state index is -0.231. The zero-order valence-electron chi connectivity index (χ0n) is 11.1. The summed E-state index contributed by atoms with van der Waals surface area (Å²) in [5.41, 5.74) is -0.231. The highest BCUT2D eigenvalue weighted by Gasteiger charge is 2.42. The fraction of sp³-hybridized carbons (Fsp3) is 0.500. The molecule has 0 aromatic carbocycles. The summed E-state index contributed by atoms with van der Waals surface area (Å²) in [6.45, 7) is 1.24. The Morgan fingerprint density at radius 2 is 1.85 bits per heavy atom. The van der Waals surface area contributed by atoms with Crippen LogP contribution in [0, 0.1) is 5.41 Å². The van der Waals surface area contributed by atoms with E-state index in [1.807, 2.05) is 22.4 Å². The molecule has 1 N–H and O–H groups in total. The summed E-state index contributed by atoms with van der Waals surface area (Å²) in [6, 6.07) is 3.70. The van der Waals surface area contributed by atoms with Gasteiger partial charge >= 0.3 is 0 Å². The number of carbonyl (C=O) groups excluding carboxylic acids is 3. The van der Waals surface area contributed by atoms with Crippen LogP contribution in [0.1, 0.15) is 35.4 Å². The Kier molecular flexibility index (Phi) is 3.33. The number of thiophene rings is 1. The van der Waals surface area contributed by atoms with Crippen molar-refractivity contribution in [1.82, 2.24) is 10.2 Å². The third kappa shape index (κ3) is 2.47. The van der Waals surface area contributed by atoms with E-state index in [4.69, 9.17) is 0 Å².